The van der Waals surface area contributed by atoms with E-state index < -0.39 is 11.5 Å². The second kappa shape index (κ2) is 10.3. The van der Waals surface area contributed by atoms with E-state index in [1.54, 1.807) is 43.3 Å². The number of primary amides is 1. The molecule has 0 radical (unpaired) electrons. The Morgan fingerprint density at radius 1 is 1.11 bits per heavy atom. The summed E-state index contributed by atoms with van der Waals surface area (Å²) >= 11 is 12.7. The van der Waals surface area contributed by atoms with Crippen LogP contribution in [0.2, 0.25) is 10.0 Å². The summed E-state index contributed by atoms with van der Waals surface area (Å²) in [4.78, 5) is 16.0. The van der Waals surface area contributed by atoms with Gasteiger partial charge in [0.25, 0.3) is 0 Å². The molecule has 0 spiro atoms. The van der Waals surface area contributed by atoms with Crippen molar-refractivity contribution < 1.29 is 9.90 Å². The van der Waals surface area contributed by atoms with Crippen molar-refractivity contribution in [3.8, 4) is 6.07 Å². The summed E-state index contributed by atoms with van der Waals surface area (Å²) in [7, 11) is 0. The smallest absolute Gasteiger partial charge is 0.248 e. The highest BCUT2D eigenvalue weighted by Gasteiger charge is 2.34. The molecular formula is C27H26Cl2N4O2. The van der Waals surface area contributed by atoms with E-state index in [0.717, 1.165) is 16.8 Å². The molecule has 0 bridgehead atoms. The van der Waals surface area contributed by atoms with Crippen LogP contribution in [0.3, 0.4) is 0 Å². The molecule has 0 aliphatic carbocycles. The highest BCUT2D eigenvalue weighted by Crippen LogP contribution is 2.37. The number of benzene rings is 3. The molecule has 1 saturated heterocycles. The number of nitrogens with two attached hydrogens (primary N) is 1. The maximum Gasteiger partial charge on any atom is 0.248 e. The van der Waals surface area contributed by atoms with Gasteiger partial charge in [0.1, 0.15) is 0 Å². The zero-order chi connectivity index (χ0) is 25.2. The number of rotatable bonds is 6. The van der Waals surface area contributed by atoms with Gasteiger partial charge >= 0.3 is 0 Å². The molecule has 6 nitrogen and oxygen atoms in total. The Hall–Kier alpha value is -3.08. The Kier molecular flexibility index (Phi) is 7.34. The number of aliphatic hydroxyl groups is 1. The molecule has 0 aromatic heterocycles. The minimum absolute atomic E-state index is 0.0605. The summed E-state index contributed by atoms with van der Waals surface area (Å²) in [5, 5.41) is 21.5. The van der Waals surface area contributed by atoms with Crippen LogP contribution in [0.15, 0.2) is 66.7 Å². The molecule has 1 fully saturated rings. The molecule has 180 valence electrons. The number of carbonyl (C=O) groups is 1. The number of halogens is 2. The number of anilines is 1. The number of carbonyl (C=O) groups excluding carboxylic acids is 1. The van der Waals surface area contributed by atoms with Crippen LogP contribution in [0.25, 0.3) is 0 Å². The van der Waals surface area contributed by atoms with E-state index in [1.807, 2.05) is 30.3 Å². The van der Waals surface area contributed by atoms with Gasteiger partial charge in [0.2, 0.25) is 5.91 Å². The minimum Gasteiger partial charge on any atom is -0.384 e. The SMILES string of the molecule is C[C@@](O)(CN1CCN(c2ccc(C(N)=O)cc2Cl)[C@H](c2ccc(Cl)cc2)C1)c1ccc(C#N)cc1. The number of hydrogen-bond acceptors (Lipinski definition) is 5. The molecule has 0 unspecified atom stereocenters. The largest absolute Gasteiger partial charge is 0.384 e. The quantitative estimate of drug-likeness (QED) is 0.501. The van der Waals surface area contributed by atoms with Crippen LogP contribution in [-0.2, 0) is 5.60 Å². The molecule has 1 aliphatic heterocycles. The van der Waals surface area contributed by atoms with Crippen molar-refractivity contribution >= 4 is 34.8 Å². The van der Waals surface area contributed by atoms with Gasteiger partial charge in [0.05, 0.1) is 34.0 Å². The summed E-state index contributed by atoms with van der Waals surface area (Å²) < 4.78 is 0. The third-order valence-electron chi connectivity index (χ3n) is 6.43. The lowest BCUT2D eigenvalue weighted by atomic mass is 9.93. The van der Waals surface area contributed by atoms with E-state index in [4.69, 9.17) is 34.2 Å². The monoisotopic (exact) mass is 508 g/mol. The lowest BCUT2D eigenvalue weighted by molar-refractivity contribution is 0.0103. The maximum atomic E-state index is 11.6. The van der Waals surface area contributed by atoms with E-state index in [1.165, 1.54) is 0 Å². The first-order valence-electron chi connectivity index (χ1n) is 11.2. The molecule has 3 aromatic carbocycles. The topological polar surface area (TPSA) is 93.6 Å². The van der Waals surface area contributed by atoms with Crippen LogP contribution < -0.4 is 10.6 Å². The lowest BCUT2D eigenvalue weighted by Crippen LogP contribution is -2.52. The summed E-state index contributed by atoms with van der Waals surface area (Å²) in [6.45, 7) is 4.21. The van der Waals surface area contributed by atoms with Crippen molar-refractivity contribution in [3.05, 3.63) is 99.0 Å². The lowest BCUT2D eigenvalue weighted by Gasteiger charge is -2.45. The Bertz CT molecular complexity index is 1250. The van der Waals surface area contributed by atoms with Gasteiger partial charge in [-0.1, -0.05) is 47.5 Å². The van der Waals surface area contributed by atoms with Crippen molar-refractivity contribution in [3.63, 3.8) is 0 Å². The number of amides is 1. The minimum atomic E-state index is -1.10. The van der Waals surface area contributed by atoms with Gasteiger partial charge in [0, 0.05) is 36.8 Å². The van der Waals surface area contributed by atoms with Crippen LogP contribution in [0, 0.1) is 11.3 Å². The predicted molar refractivity (Wildman–Crippen MR) is 139 cm³/mol. The molecule has 35 heavy (non-hydrogen) atoms. The zero-order valence-electron chi connectivity index (χ0n) is 19.3. The summed E-state index contributed by atoms with van der Waals surface area (Å²) in [6, 6.07) is 21.9. The fourth-order valence-corrected chi connectivity index (χ4v) is 4.98. The first-order valence-corrected chi connectivity index (χ1v) is 12.0. The molecule has 4 rings (SSSR count). The van der Waals surface area contributed by atoms with E-state index >= 15 is 0 Å². The summed E-state index contributed by atoms with van der Waals surface area (Å²) in [5.74, 6) is -0.525. The molecular weight excluding hydrogens is 483 g/mol. The van der Waals surface area contributed by atoms with E-state index in [0.29, 0.717) is 47.4 Å². The third kappa shape index (κ3) is 5.61. The van der Waals surface area contributed by atoms with Gasteiger partial charge in [-0.2, -0.15) is 5.26 Å². The van der Waals surface area contributed by atoms with Crippen molar-refractivity contribution in [2.75, 3.05) is 31.1 Å². The Balaban J connectivity index is 1.61. The van der Waals surface area contributed by atoms with Gasteiger partial charge in [-0.25, -0.2) is 0 Å². The average molecular weight is 509 g/mol. The van der Waals surface area contributed by atoms with E-state index in [2.05, 4.69) is 15.9 Å². The van der Waals surface area contributed by atoms with Crippen molar-refractivity contribution in [1.82, 2.24) is 4.90 Å². The van der Waals surface area contributed by atoms with Gasteiger partial charge in [-0.05, 0) is 60.5 Å². The average Bonchev–Trinajstić information content (AvgIpc) is 2.84. The molecule has 8 heteroatoms. The highest BCUT2D eigenvalue weighted by molar-refractivity contribution is 6.33. The van der Waals surface area contributed by atoms with Crippen LogP contribution >= 0.6 is 23.2 Å². The zero-order valence-corrected chi connectivity index (χ0v) is 20.8. The van der Waals surface area contributed by atoms with Gasteiger partial charge in [-0.3, -0.25) is 9.69 Å². The van der Waals surface area contributed by atoms with Crippen LogP contribution in [0.4, 0.5) is 5.69 Å². The van der Waals surface area contributed by atoms with Crippen LogP contribution in [0.1, 0.15) is 40.0 Å². The standard InChI is InChI=1S/C27H26Cl2N4O2/c1-27(35,21-7-2-18(15-30)3-8-21)17-32-12-13-33(24-11-6-20(26(31)34)14-23(24)29)25(16-32)19-4-9-22(28)10-5-19/h2-11,14,25,35H,12-13,16-17H2,1H3,(H2,31,34)/t25-,27+/m0/s1. The second-order valence-corrected chi connectivity index (χ2v) is 9.83. The van der Waals surface area contributed by atoms with Gasteiger partial charge < -0.3 is 15.7 Å². The highest BCUT2D eigenvalue weighted by atomic mass is 35.5. The number of piperazine rings is 1. The summed E-state index contributed by atoms with van der Waals surface area (Å²) in [6.07, 6.45) is 0. The number of nitrogens with zero attached hydrogens (tertiary/aromatic N) is 3. The Morgan fingerprint density at radius 2 is 1.80 bits per heavy atom. The van der Waals surface area contributed by atoms with Crippen LogP contribution in [0.5, 0.6) is 0 Å². The number of hydrogen-bond donors (Lipinski definition) is 2. The molecule has 1 heterocycles. The molecule has 3 N–H and O–H groups in total. The summed E-state index contributed by atoms with van der Waals surface area (Å²) in [5.41, 5.74) is 7.87. The normalized spacial score (nSPS) is 18.0. The number of nitriles is 1. The fraction of sp³-hybridized carbons (Fsp3) is 0.259. The Morgan fingerprint density at radius 3 is 2.40 bits per heavy atom. The van der Waals surface area contributed by atoms with Crippen LogP contribution in [-0.4, -0.2) is 42.1 Å². The van der Waals surface area contributed by atoms with Crippen molar-refractivity contribution in [1.29, 1.82) is 5.26 Å². The second-order valence-electron chi connectivity index (χ2n) is 8.99. The molecule has 1 aliphatic rings. The van der Waals surface area contributed by atoms with E-state index in [9.17, 15) is 9.90 Å². The molecule has 2 atom stereocenters. The molecule has 3 aromatic rings. The maximum absolute atomic E-state index is 11.6. The van der Waals surface area contributed by atoms with Gasteiger partial charge in [-0.15, -0.1) is 0 Å². The van der Waals surface area contributed by atoms with Crippen molar-refractivity contribution in [2.24, 2.45) is 5.73 Å². The van der Waals surface area contributed by atoms with Gasteiger partial charge in [0.15, 0.2) is 0 Å². The first-order chi connectivity index (χ1) is 16.7. The number of β-amino-alcohol motifs (C(OH)–C–C–N with tert-alkyl or cyclic N) is 1. The molecule has 1 amide bonds. The fourth-order valence-electron chi connectivity index (χ4n) is 4.57. The third-order valence-corrected chi connectivity index (χ3v) is 6.98. The van der Waals surface area contributed by atoms with E-state index in [-0.39, 0.29) is 6.04 Å². The molecule has 0 saturated carbocycles. The first kappa shape index (κ1) is 25.0. The van der Waals surface area contributed by atoms with Crippen molar-refractivity contribution in [2.45, 2.75) is 18.6 Å². The Labute approximate surface area is 215 Å². The predicted octanol–water partition coefficient (Wildman–Crippen LogP) is 4.73.